The molecular formula is C33H39FN4O4S. The number of alkyl carbamates (subject to hydrolysis) is 1. The fourth-order valence-corrected chi connectivity index (χ4v) is 6.15. The van der Waals surface area contributed by atoms with Crippen LogP contribution in [0.2, 0.25) is 0 Å². The number of halogens is 1. The molecule has 1 atom stereocenters. The zero-order valence-corrected chi connectivity index (χ0v) is 26.2. The van der Waals surface area contributed by atoms with Crippen LogP contribution in [0.4, 0.5) is 9.18 Å². The number of hydrogen-bond acceptors (Lipinski definition) is 8. The van der Waals surface area contributed by atoms with Crippen LogP contribution in [0.5, 0.6) is 5.75 Å². The number of nitrogens with zero attached hydrogens (tertiary/aromatic N) is 3. The molecule has 5 rings (SSSR count). The summed E-state index contributed by atoms with van der Waals surface area (Å²) >= 11 is 1.58. The summed E-state index contributed by atoms with van der Waals surface area (Å²) in [5.41, 5.74) is 5.43. The fourth-order valence-electron chi connectivity index (χ4n) is 5.25. The number of aryl methyl sites for hydroxylation is 1. The van der Waals surface area contributed by atoms with E-state index in [4.69, 9.17) is 14.2 Å². The van der Waals surface area contributed by atoms with E-state index in [2.05, 4.69) is 58.8 Å². The maximum absolute atomic E-state index is 14.3. The topological polar surface area (TPSA) is 85.8 Å². The van der Waals surface area contributed by atoms with Gasteiger partial charge < -0.3 is 24.4 Å². The van der Waals surface area contributed by atoms with Crippen molar-refractivity contribution in [2.24, 2.45) is 0 Å². The number of thiophene rings is 1. The molecule has 2 aromatic carbocycles. The van der Waals surface area contributed by atoms with Crippen LogP contribution in [0.3, 0.4) is 0 Å². The molecule has 0 saturated carbocycles. The van der Waals surface area contributed by atoms with E-state index in [0.29, 0.717) is 36.2 Å². The second-order valence-electron chi connectivity index (χ2n) is 11.9. The molecule has 0 spiro atoms. The quantitative estimate of drug-likeness (QED) is 0.206. The van der Waals surface area contributed by atoms with Gasteiger partial charge in [0.1, 0.15) is 35.2 Å². The van der Waals surface area contributed by atoms with Gasteiger partial charge in [-0.25, -0.2) is 9.18 Å². The molecule has 43 heavy (non-hydrogen) atoms. The monoisotopic (exact) mass is 606 g/mol. The summed E-state index contributed by atoms with van der Waals surface area (Å²) in [6.07, 6.45) is 2.75. The average Bonchev–Trinajstić information content (AvgIpc) is 3.45. The molecule has 1 aliphatic carbocycles. The molecule has 0 aliphatic heterocycles. The van der Waals surface area contributed by atoms with Gasteiger partial charge in [0, 0.05) is 35.2 Å². The standard InChI is InChI=1S/C33H39FN4O4S/c1-33(2,3)42-32(39)35-13-14-40-15-16-41-28-20-24(34)9-11-26(28)30-31-27(12-17-43-31)29(36-37-30)23-7-6-22-19-25(38(4)5)10-8-21(22)18-23/h6-7,9,11-12,17-18,20,25H,8,10,13-16,19H2,1-5H3,(H,35,39). The fraction of sp³-hybridized carbons (Fsp3) is 0.424. The molecule has 0 radical (unpaired) electrons. The smallest absolute Gasteiger partial charge is 0.407 e. The van der Waals surface area contributed by atoms with Crippen molar-refractivity contribution in [2.75, 3.05) is 40.5 Å². The Labute approximate surface area is 256 Å². The number of amides is 1. The van der Waals surface area contributed by atoms with E-state index in [-0.39, 0.29) is 13.2 Å². The highest BCUT2D eigenvalue weighted by molar-refractivity contribution is 7.17. The maximum Gasteiger partial charge on any atom is 0.407 e. The first-order chi connectivity index (χ1) is 20.6. The summed E-state index contributed by atoms with van der Waals surface area (Å²) in [7, 11) is 4.30. The molecule has 1 aliphatic rings. The Morgan fingerprint density at radius 2 is 1.86 bits per heavy atom. The van der Waals surface area contributed by atoms with Crippen molar-refractivity contribution in [1.29, 1.82) is 0 Å². The summed E-state index contributed by atoms with van der Waals surface area (Å²) in [5.74, 6) is -0.0322. The Balaban J connectivity index is 1.27. The lowest BCUT2D eigenvalue weighted by Crippen LogP contribution is -2.34. The van der Waals surface area contributed by atoms with Gasteiger partial charge in [-0.1, -0.05) is 12.1 Å². The van der Waals surface area contributed by atoms with E-state index in [0.717, 1.165) is 40.6 Å². The second-order valence-corrected chi connectivity index (χ2v) is 12.9. The number of benzene rings is 2. The summed E-state index contributed by atoms with van der Waals surface area (Å²) in [4.78, 5) is 14.0. The van der Waals surface area contributed by atoms with E-state index in [1.165, 1.54) is 23.3 Å². The largest absolute Gasteiger partial charge is 0.490 e. The number of ether oxygens (including phenoxy) is 3. The highest BCUT2D eigenvalue weighted by atomic mass is 32.1. The van der Waals surface area contributed by atoms with Crippen molar-refractivity contribution in [3.8, 4) is 28.3 Å². The number of hydrogen-bond donors (Lipinski definition) is 1. The minimum atomic E-state index is -0.557. The van der Waals surface area contributed by atoms with E-state index in [1.54, 1.807) is 38.2 Å². The van der Waals surface area contributed by atoms with Gasteiger partial charge >= 0.3 is 6.09 Å². The predicted molar refractivity (Wildman–Crippen MR) is 168 cm³/mol. The molecular weight excluding hydrogens is 567 g/mol. The van der Waals surface area contributed by atoms with Crippen molar-refractivity contribution in [1.82, 2.24) is 20.4 Å². The highest BCUT2D eigenvalue weighted by Crippen LogP contribution is 2.40. The van der Waals surface area contributed by atoms with Gasteiger partial charge in [0.2, 0.25) is 0 Å². The summed E-state index contributed by atoms with van der Waals surface area (Å²) in [6, 6.07) is 13.7. The first kappa shape index (κ1) is 30.8. The molecule has 0 bridgehead atoms. The third kappa shape index (κ3) is 7.68. The van der Waals surface area contributed by atoms with Crippen molar-refractivity contribution in [3.05, 3.63) is 64.8 Å². The van der Waals surface area contributed by atoms with Crippen molar-refractivity contribution in [3.63, 3.8) is 0 Å². The number of carbonyl (C=O) groups excluding carboxylic acids is 1. The minimum absolute atomic E-state index is 0.200. The van der Waals surface area contributed by atoms with Crippen LogP contribution in [0.25, 0.3) is 32.6 Å². The second kappa shape index (κ2) is 13.4. The third-order valence-electron chi connectivity index (χ3n) is 7.40. The van der Waals surface area contributed by atoms with E-state index in [1.807, 2.05) is 5.38 Å². The number of rotatable bonds is 10. The van der Waals surface area contributed by atoms with Crippen LogP contribution >= 0.6 is 11.3 Å². The first-order valence-corrected chi connectivity index (χ1v) is 15.5. The van der Waals surface area contributed by atoms with Gasteiger partial charge in [-0.05, 0) is 94.9 Å². The Kier molecular flexibility index (Phi) is 9.59. The number of fused-ring (bicyclic) bond motifs is 2. The van der Waals surface area contributed by atoms with Gasteiger partial charge in [0.05, 0.1) is 17.9 Å². The zero-order valence-electron chi connectivity index (χ0n) is 25.4. The first-order valence-electron chi connectivity index (χ1n) is 14.6. The number of aromatic nitrogens is 2. The van der Waals surface area contributed by atoms with Gasteiger partial charge in [0.25, 0.3) is 0 Å². The average molecular weight is 607 g/mol. The van der Waals surface area contributed by atoms with Crippen molar-refractivity contribution in [2.45, 2.75) is 51.7 Å². The Bertz CT molecular complexity index is 1580. The third-order valence-corrected chi connectivity index (χ3v) is 8.32. The molecule has 1 unspecified atom stereocenters. The minimum Gasteiger partial charge on any atom is -0.490 e. The molecule has 2 heterocycles. The Hall–Kier alpha value is -3.60. The summed E-state index contributed by atoms with van der Waals surface area (Å²) in [6.45, 7) is 6.48. The normalized spacial score (nSPS) is 15.0. The van der Waals surface area contributed by atoms with Gasteiger partial charge in [-0.3, -0.25) is 0 Å². The SMILES string of the molecule is CN(C)C1CCc2cc(-c3nnc(-c4ccc(F)cc4OCCOCCNC(=O)OC(C)(C)C)c4sccc34)ccc2C1. The lowest BCUT2D eigenvalue weighted by molar-refractivity contribution is 0.0489. The van der Waals surface area contributed by atoms with Gasteiger partial charge in [0.15, 0.2) is 0 Å². The maximum atomic E-state index is 14.3. The molecule has 228 valence electrons. The number of likely N-dealkylation sites (N-methyl/N-ethyl adjacent to an activating group) is 1. The predicted octanol–water partition coefficient (Wildman–Crippen LogP) is 6.50. The molecule has 1 amide bonds. The van der Waals surface area contributed by atoms with Crippen LogP contribution in [-0.2, 0) is 22.3 Å². The summed E-state index contributed by atoms with van der Waals surface area (Å²) < 4.78 is 32.0. The Morgan fingerprint density at radius 3 is 2.65 bits per heavy atom. The van der Waals surface area contributed by atoms with Crippen LogP contribution in [-0.4, -0.2) is 73.3 Å². The molecule has 0 saturated heterocycles. The Morgan fingerprint density at radius 1 is 1.05 bits per heavy atom. The highest BCUT2D eigenvalue weighted by Gasteiger charge is 2.22. The molecule has 4 aromatic rings. The van der Waals surface area contributed by atoms with Gasteiger partial charge in [-0.15, -0.1) is 21.5 Å². The van der Waals surface area contributed by atoms with E-state index >= 15 is 0 Å². The lowest BCUT2D eigenvalue weighted by atomic mass is 9.86. The molecule has 1 N–H and O–H groups in total. The molecule has 2 aromatic heterocycles. The summed E-state index contributed by atoms with van der Waals surface area (Å²) in [5, 5.41) is 15.0. The van der Waals surface area contributed by atoms with Crippen LogP contribution in [0.15, 0.2) is 47.8 Å². The lowest BCUT2D eigenvalue weighted by Gasteiger charge is -2.30. The van der Waals surface area contributed by atoms with Crippen molar-refractivity contribution >= 4 is 27.5 Å². The number of carbonyl (C=O) groups is 1. The molecule has 8 nitrogen and oxygen atoms in total. The van der Waals surface area contributed by atoms with Crippen LogP contribution < -0.4 is 10.1 Å². The molecule has 10 heteroatoms. The number of nitrogens with one attached hydrogen (secondary N) is 1. The van der Waals surface area contributed by atoms with Gasteiger partial charge in [-0.2, -0.15) is 0 Å². The van der Waals surface area contributed by atoms with E-state index in [9.17, 15) is 9.18 Å². The van der Waals surface area contributed by atoms with Crippen molar-refractivity contribution < 1.29 is 23.4 Å². The van der Waals surface area contributed by atoms with Crippen LogP contribution in [0, 0.1) is 5.82 Å². The van der Waals surface area contributed by atoms with Crippen LogP contribution in [0.1, 0.15) is 38.3 Å². The zero-order chi connectivity index (χ0) is 30.6. The van der Waals surface area contributed by atoms with E-state index < -0.39 is 17.5 Å². The molecule has 0 fully saturated rings.